The Morgan fingerprint density at radius 1 is 1.38 bits per heavy atom. The standard InChI is InChI=1S/C13H25N3O4S/c1-20-11-13(3-5-14-6-4-13)10-15-12(17)9-16-7-2-8-21(16,18)19/h14H,2-11H2,1H3,(H,15,17). The van der Waals surface area contributed by atoms with E-state index in [2.05, 4.69) is 10.6 Å². The highest BCUT2D eigenvalue weighted by Crippen LogP contribution is 2.28. The van der Waals surface area contributed by atoms with Crippen molar-refractivity contribution in [2.24, 2.45) is 5.41 Å². The van der Waals surface area contributed by atoms with Gasteiger partial charge in [-0.25, -0.2) is 8.42 Å². The van der Waals surface area contributed by atoms with E-state index in [1.54, 1.807) is 7.11 Å². The summed E-state index contributed by atoms with van der Waals surface area (Å²) in [5.41, 5.74) is -0.0421. The zero-order valence-electron chi connectivity index (χ0n) is 12.6. The van der Waals surface area contributed by atoms with Gasteiger partial charge in [-0.2, -0.15) is 4.31 Å². The van der Waals surface area contributed by atoms with Crippen molar-refractivity contribution < 1.29 is 17.9 Å². The Balaban J connectivity index is 1.84. The highest BCUT2D eigenvalue weighted by molar-refractivity contribution is 7.89. The second kappa shape index (κ2) is 7.04. The molecule has 7 nitrogen and oxygen atoms in total. The predicted octanol–water partition coefficient (Wildman–Crippen LogP) is -0.846. The molecule has 0 aromatic carbocycles. The lowest BCUT2D eigenvalue weighted by Gasteiger charge is -2.37. The second-order valence-corrected chi connectivity index (χ2v) is 8.05. The summed E-state index contributed by atoms with van der Waals surface area (Å²) in [5, 5.41) is 6.19. The smallest absolute Gasteiger partial charge is 0.235 e. The third-order valence-corrected chi connectivity index (χ3v) is 6.20. The molecule has 0 saturated carbocycles. The van der Waals surface area contributed by atoms with E-state index in [4.69, 9.17) is 4.74 Å². The van der Waals surface area contributed by atoms with Gasteiger partial charge in [0.15, 0.2) is 0 Å². The number of nitrogens with one attached hydrogen (secondary N) is 2. The first-order valence-electron chi connectivity index (χ1n) is 7.42. The zero-order chi connectivity index (χ0) is 15.3. The SMILES string of the molecule is COCC1(CNC(=O)CN2CCCS2(=O)=O)CCNCC1. The molecule has 122 valence electrons. The van der Waals surface area contributed by atoms with E-state index in [9.17, 15) is 13.2 Å². The number of rotatable bonds is 6. The van der Waals surface area contributed by atoms with Crippen LogP contribution in [0.4, 0.5) is 0 Å². The van der Waals surface area contributed by atoms with Crippen molar-refractivity contribution in [3.63, 3.8) is 0 Å². The molecule has 2 N–H and O–H groups in total. The number of carbonyl (C=O) groups is 1. The summed E-state index contributed by atoms with van der Waals surface area (Å²) in [5.74, 6) is -0.0750. The van der Waals surface area contributed by atoms with Crippen molar-refractivity contribution in [3.05, 3.63) is 0 Å². The summed E-state index contributed by atoms with van der Waals surface area (Å²) in [4.78, 5) is 12.0. The van der Waals surface area contributed by atoms with Crippen molar-refractivity contribution in [1.29, 1.82) is 0 Å². The lowest BCUT2D eigenvalue weighted by molar-refractivity contribution is -0.122. The third-order valence-electron chi connectivity index (χ3n) is 4.30. The molecule has 1 amide bonds. The molecule has 2 aliphatic rings. The number of piperidine rings is 1. The summed E-state index contributed by atoms with van der Waals surface area (Å²) < 4.78 is 29.9. The Hall–Kier alpha value is -0.700. The van der Waals surface area contributed by atoms with Gasteiger partial charge in [0.1, 0.15) is 0 Å². The Bertz CT molecular complexity index is 455. The molecule has 0 radical (unpaired) electrons. The van der Waals surface area contributed by atoms with Gasteiger partial charge in [0, 0.05) is 25.6 Å². The molecular weight excluding hydrogens is 294 g/mol. The third kappa shape index (κ3) is 4.38. The van der Waals surface area contributed by atoms with E-state index in [0.717, 1.165) is 25.9 Å². The fourth-order valence-electron chi connectivity index (χ4n) is 3.01. The molecular formula is C13H25N3O4S. The maximum Gasteiger partial charge on any atom is 0.235 e. The number of hydrogen-bond donors (Lipinski definition) is 2. The van der Waals surface area contributed by atoms with Crippen molar-refractivity contribution in [1.82, 2.24) is 14.9 Å². The number of nitrogens with zero attached hydrogens (tertiary/aromatic N) is 1. The van der Waals surface area contributed by atoms with Gasteiger partial charge in [0.2, 0.25) is 15.9 Å². The molecule has 2 aliphatic heterocycles. The van der Waals surface area contributed by atoms with Crippen molar-refractivity contribution in [2.45, 2.75) is 19.3 Å². The van der Waals surface area contributed by atoms with Gasteiger partial charge in [-0.1, -0.05) is 0 Å². The Morgan fingerprint density at radius 2 is 2.10 bits per heavy atom. The van der Waals surface area contributed by atoms with E-state index in [1.807, 2.05) is 0 Å². The highest BCUT2D eigenvalue weighted by Gasteiger charge is 2.34. The van der Waals surface area contributed by atoms with Crippen LogP contribution in [0.1, 0.15) is 19.3 Å². The molecule has 21 heavy (non-hydrogen) atoms. The normalized spacial score (nSPS) is 24.8. The van der Waals surface area contributed by atoms with Gasteiger partial charge in [-0.05, 0) is 32.4 Å². The average molecular weight is 319 g/mol. The van der Waals surface area contributed by atoms with Crippen molar-refractivity contribution in [3.8, 4) is 0 Å². The molecule has 8 heteroatoms. The van der Waals surface area contributed by atoms with Crippen LogP contribution in [0, 0.1) is 5.41 Å². The largest absolute Gasteiger partial charge is 0.384 e. The second-order valence-electron chi connectivity index (χ2n) is 5.96. The molecule has 2 saturated heterocycles. The van der Waals surface area contributed by atoms with E-state index in [-0.39, 0.29) is 23.6 Å². The monoisotopic (exact) mass is 319 g/mol. The quantitative estimate of drug-likeness (QED) is 0.666. The molecule has 0 aromatic heterocycles. The van der Waals surface area contributed by atoms with E-state index >= 15 is 0 Å². The first-order valence-corrected chi connectivity index (χ1v) is 9.03. The van der Waals surface area contributed by atoms with Crippen LogP contribution in [0.3, 0.4) is 0 Å². The molecule has 0 unspecified atom stereocenters. The van der Waals surface area contributed by atoms with Crippen molar-refractivity contribution >= 4 is 15.9 Å². The van der Waals surface area contributed by atoms with Gasteiger partial charge in [0.05, 0.1) is 18.9 Å². The number of amides is 1. The van der Waals surface area contributed by atoms with Crippen LogP contribution in [0.5, 0.6) is 0 Å². The summed E-state index contributed by atoms with van der Waals surface area (Å²) in [6, 6.07) is 0. The van der Waals surface area contributed by atoms with Crippen LogP contribution in [0.25, 0.3) is 0 Å². The summed E-state index contributed by atoms with van der Waals surface area (Å²) in [7, 11) is -1.54. The molecule has 0 aliphatic carbocycles. The maximum absolute atomic E-state index is 12.0. The number of methoxy groups -OCH3 is 1. The van der Waals surface area contributed by atoms with E-state index < -0.39 is 10.0 Å². The molecule has 2 heterocycles. The minimum absolute atomic E-state index is 0.0421. The Kier molecular flexibility index (Phi) is 5.59. The summed E-state index contributed by atoms with van der Waals surface area (Å²) in [6.07, 6.45) is 2.50. The molecule has 2 rings (SSSR count). The Labute approximate surface area is 126 Å². The van der Waals surface area contributed by atoms with Crippen LogP contribution in [0.15, 0.2) is 0 Å². The zero-order valence-corrected chi connectivity index (χ0v) is 13.4. The molecule has 0 atom stereocenters. The molecule has 0 bridgehead atoms. The lowest BCUT2D eigenvalue weighted by Crippen LogP contribution is -2.48. The van der Waals surface area contributed by atoms with Crippen LogP contribution < -0.4 is 10.6 Å². The highest BCUT2D eigenvalue weighted by atomic mass is 32.2. The van der Waals surface area contributed by atoms with Crippen LogP contribution in [-0.2, 0) is 19.6 Å². The Morgan fingerprint density at radius 3 is 2.67 bits per heavy atom. The van der Waals surface area contributed by atoms with Gasteiger partial charge < -0.3 is 15.4 Å². The lowest BCUT2D eigenvalue weighted by atomic mass is 9.79. The van der Waals surface area contributed by atoms with Crippen LogP contribution >= 0.6 is 0 Å². The van der Waals surface area contributed by atoms with E-state index in [1.165, 1.54) is 4.31 Å². The average Bonchev–Trinajstić information content (AvgIpc) is 2.77. The van der Waals surface area contributed by atoms with Crippen LogP contribution in [0.2, 0.25) is 0 Å². The fraction of sp³-hybridized carbons (Fsp3) is 0.923. The summed E-state index contributed by atoms with van der Waals surface area (Å²) >= 11 is 0. The first-order chi connectivity index (χ1) is 9.97. The first kappa shape index (κ1) is 16.7. The van der Waals surface area contributed by atoms with Gasteiger partial charge >= 0.3 is 0 Å². The minimum Gasteiger partial charge on any atom is -0.384 e. The van der Waals surface area contributed by atoms with Crippen LogP contribution in [-0.4, -0.2) is 70.8 Å². The van der Waals surface area contributed by atoms with Gasteiger partial charge in [-0.15, -0.1) is 0 Å². The molecule has 0 spiro atoms. The van der Waals surface area contributed by atoms with E-state index in [0.29, 0.717) is 26.1 Å². The number of carbonyl (C=O) groups excluding carboxylic acids is 1. The fourth-order valence-corrected chi connectivity index (χ4v) is 4.48. The van der Waals surface area contributed by atoms with Gasteiger partial charge in [0.25, 0.3) is 0 Å². The van der Waals surface area contributed by atoms with Gasteiger partial charge in [-0.3, -0.25) is 4.79 Å². The number of hydrogen-bond acceptors (Lipinski definition) is 5. The predicted molar refractivity (Wildman–Crippen MR) is 79.4 cm³/mol. The maximum atomic E-state index is 12.0. The summed E-state index contributed by atoms with van der Waals surface area (Å²) in [6.45, 7) is 3.36. The molecule has 0 aromatic rings. The van der Waals surface area contributed by atoms with Crippen molar-refractivity contribution in [2.75, 3.05) is 52.2 Å². The topological polar surface area (TPSA) is 87.7 Å². The number of ether oxygens (including phenoxy) is 1. The number of sulfonamides is 1. The molecule has 2 fully saturated rings. The minimum atomic E-state index is -3.21.